The Morgan fingerprint density at radius 2 is 2.05 bits per heavy atom. The van der Waals surface area contributed by atoms with Gasteiger partial charge in [0.25, 0.3) is 0 Å². The van der Waals surface area contributed by atoms with Crippen molar-refractivity contribution in [3.05, 3.63) is 11.8 Å². The zero-order chi connectivity index (χ0) is 14.7. The molecule has 2 rings (SSSR count). The first kappa shape index (κ1) is 14.2. The van der Waals surface area contributed by atoms with Crippen molar-refractivity contribution in [3.8, 4) is 5.88 Å². The summed E-state index contributed by atoms with van der Waals surface area (Å²) >= 11 is 0. The lowest BCUT2D eigenvalue weighted by molar-refractivity contribution is -0.145. The number of nitrogens with zero attached hydrogens (tertiary/aromatic N) is 2. The second-order valence-corrected chi connectivity index (χ2v) is 4.85. The van der Waals surface area contributed by atoms with Gasteiger partial charge in [-0.15, -0.1) is 0 Å². The second-order valence-electron chi connectivity index (χ2n) is 4.85. The normalized spacial score (nSPS) is 21.5. The number of carboxylic acid groups (broad SMARTS) is 1. The molecule has 0 bridgehead atoms. The lowest BCUT2D eigenvalue weighted by Gasteiger charge is -2.15. The summed E-state index contributed by atoms with van der Waals surface area (Å²) in [6.45, 7) is 1.76. The highest BCUT2D eigenvalue weighted by molar-refractivity contribution is 5.94. The average molecular weight is 279 g/mol. The molecule has 20 heavy (non-hydrogen) atoms. The quantitative estimate of drug-likeness (QED) is 0.859. The van der Waals surface area contributed by atoms with E-state index in [1.807, 2.05) is 0 Å². The Bertz CT molecular complexity index is 532. The Labute approximate surface area is 116 Å². The summed E-state index contributed by atoms with van der Waals surface area (Å²) in [5.74, 6) is -1.92. The lowest BCUT2D eigenvalue weighted by atomic mass is 9.95. The molecule has 0 spiro atoms. The highest BCUT2D eigenvalue weighted by Gasteiger charge is 2.38. The van der Waals surface area contributed by atoms with Crippen LogP contribution in [0.4, 0.5) is 5.95 Å². The van der Waals surface area contributed by atoms with Crippen LogP contribution in [0.15, 0.2) is 6.07 Å². The van der Waals surface area contributed by atoms with Crippen LogP contribution in [0.3, 0.4) is 0 Å². The number of methoxy groups -OCH3 is 1. The number of aliphatic carboxylic acids is 1. The number of hydrogen-bond donors (Lipinski definition) is 2. The van der Waals surface area contributed by atoms with E-state index in [2.05, 4.69) is 15.3 Å². The molecule has 1 fully saturated rings. The molecule has 1 aliphatic rings. The van der Waals surface area contributed by atoms with Gasteiger partial charge in [0.1, 0.15) is 0 Å². The largest absolute Gasteiger partial charge is 0.481 e. The van der Waals surface area contributed by atoms with Gasteiger partial charge in [0.05, 0.1) is 18.9 Å². The summed E-state index contributed by atoms with van der Waals surface area (Å²) < 4.78 is 5.01. The maximum absolute atomic E-state index is 12.1. The van der Waals surface area contributed by atoms with Crippen molar-refractivity contribution in [2.24, 2.45) is 11.8 Å². The van der Waals surface area contributed by atoms with E-state index in [9.17, 15) is 9.59 Å². The highest BCUT2D eigenvalue weighted by Crippen LogP contribution is 2.32. The van der Waals surface area contributed by atoms with Crippen LogP contribution in [0.2, 0.25) is 0 Å². The third kappa shape index (κ3) is 3.04. The molecule has 2 N–H and O–H groups in total. The van der Waals surface area contributed by atoms with Crippen LogP contribution in [-0.2, 0) is 9.59 Å². The number of anilines is 1. The van der Waals surface area contributed by atoms with Crippen LogP contribution >= 0.6 is 0 Å². The Hall–Kier alpha value is -2.18. The minimum absolute atomic E-state index is 0.142. The van der Waals surface area contributed by atoms with Crippen LogP contribution in [0, 0.1) is 18.8 Å². The van der Waals surface area contributed by atoms with E-state index >= 15 is 0 Å². The fourth-order valence-corrected chi connectivity index (χ4v) is 2.47. The Kier molecular flexibility index (Phi) is 4.16. The van der Waals surface area contributed by atoms with Crippen molar-refractivity contribution in [2.45, 2.75) is 26.2 Å². The van der Waals surface area contributed by atoms with Crippen LogP contribution in [0.25, 0.3) is 0 Å². The highest BCUT2D eigenvalue weighted by atomic mass is 16.5. The van der Waals surface area contributed by atoms with E-state index in [1.165, 1.54) is 7.11 Å². The second kappa shape index (κ2) is 5.85. The molecule has 1 aliphatic carbocycles. The predicted octanol–water partition coefficient (Wildman–Crippen LogP) is 1.23. The number of rotatable bonds is 4. The predicted molar refractivity (Wildman–Crippen MR) is 70.4 cm³/mol. The van der Waals surface area contributed by atoms with Crippen molar-refractivity contribution in [1.29, 1.82) is 0 Å². The summed E-state index contributed by atoms with van der Waals surface area (Å²) in [6.07, 6.45) is 1.85. The van der Waals surface area contributed by atoms with Gasteiger partial charge in [-0.05, 0) is 19.8 Å². The molecular formula is C13H17N3O4. The number of carbonyl (C=O) groups is 2. The van der Waals surface area contributed by atoms with E-state index in [-0.39, 0.29) is 11.9 Å². The van der Waals surface area contributed by atoms with Gasteiger partial charge in [0.2, 0.25) is 17.7 Å². The van der Waals surface area contributed by atoms with Gasteiger partial charge < -0.3 is 9.84 Å². The first-order chi connectivity index (χ1) is 9.51. The van der Waals surface area contributed by atoms with Crippen LogP contribution in [0.5, 0.6) is 5.88 Å². The van der Waals surface area contributed by atoms with Gasteiger partial charge in [0.15, 0.2) is 0 Å². The van der Waals surface area contributed by atoms with Crippen molar-refractivity contribution in [1.82, 2.24) is 9.97 Å². The zero-order valence-corrected chi connectivity index (χ0v) is 11.4. The van der Waals surface area contributed by atoms with E-state index in [0.717, 1.165) is 6.42 Å². The molecule has 0 radical (unpaired) electrons. The maximum atomic E-state index is 12.1. The topological polar surface area (TPSA) is 101 Å². The van der Waals surface area contributed by atoms with Crippen molar-refractivity contribution in [3.63, 3.8) is 0 Å². The molecule has 1 aromatic heterocycles. The van der Waals surface area contributed by atoms with Crippen molar-refractivity contribution < 1.29 is 19.4 Å². The monoisotopic (exact) mass is 279 g/mol. The number of aromatic nitrogens is 2. The molecule has 108 valence electrons. The number of hydrogen-bond acceptors (Lipinski definition) is 5. The number of ether oxygens (including phenoxy) is 1. The van der Waals surface area contributed by atoms with Crippen molar-refractivity contribution in [2.75, 3.05) is 12.4 Å². The van der Waals surface area contributed by atoms with Gasteiger partial charge >= 0.3 is 5.97 Å². The van der Waals surface area contributed by atoms with Crippen molar-refractivity contribution >= 4 is 17.8 Å². The summed E-state index contributed by atoms with van der Waals surface area (Å²) in [5.41, 5.74) is 0.661. The number of carboxylic acids is 1. The summed E-state index contributed by atoms with van der Waals surface area (Å²) in [5, 5.41) is 11.7. The third-order valence-electron chi connectivity index (χ3n) is 3.44. The molecule has 0 aliphatic heterocycles. The van der Waals surface area contributed by atoms with Gasteiger partial charge in [-0.2, -0.15) is 4.98 Å². The molecule has 7 heteroatoms. The summed E-state index contributed by atoms with van der Waals surface area (Å²) in [6, 6.07) is 1.64. The molecule has 1 saturated carbocycles. The van der Waals surface area contributed by atoms with Gasteiger partial charge in [-0.25, -0.2) is 4.98 Å². The molecule has 7 nitrogen and oxygen atoms in total. The van der Waals surface area contributed by atoms with Crippen LogP contribution < -0.4 is 10.1 Å². The van der Waals surface area contributed by atoms with Gasteiger partial charge in [-0.3, -0.25) is 14.9 Å². The first-order valence-electron chi connectivity index (χ1n) is 6.44. The maximum Gasteiger partial charge on any atom is 0.307 e. The SMILES string of the molecule is COc1cc(C)nc(NC(=O)C2CCCC2C(=O)O)n1. The third-order valence-corrected chi connectivity index (χ3v) is 3.44. The molecule has 1 aromatic rings. The van der Waals surface area contributed by atoms with E-state index in [1.54, 1.807) is 13.0 Å². The Balaban J connectivity index is 2.11. The van der Waals surface area contributed by atoms with E-state index < -0.39 is 17.8 Å². The number of amides is 1. The number of aryl methyl sites for hydroxylation is 1. The number of carbonyl (C=O) groups excluding carboxylic acids is 1. The standard InChI is InChI=1S/C13H17N3O4/c1-7-6-10(20-2)15-13(14-7)16-11(17)8-4-3-5-9(8)12(18)19/h6,8-9H,3-5H2,1-2H3,(H,18,19)(H,14,15,16,17). The molecule has 0 saturated heterocycles. The van der Waals surface area contributed by atoms with E-state index in [0.29, 0.717) is 24.4 Å². The first-order valence-corrected chi connectivity index (χ1v) is 6.44. The van der Waals surface area contributed by atoms with Crippen LogP contribution in [-0.4, -0.2) is 34.1 Å². The minimum Gasteiger partial charge on any atom is -0.481 e. The molecule has 2 atom stereocenters. The lowest BCUT2D eigenvalue weighted by Crippen LogP contribution is -2.30. The summed E-state index contributed by atoms with van der Waals surface area (Å²) in [7, 11) is 1.48. The average Bonchev–Trinajstić information content (AvgIpc) is 2.87. The van der Waals surface area contributed by atoms with Gasteiger partial charge in [-0.1, -0.05) is 6.42 Å². The fraction of sp³-hybridized carbons (Fsp3) is 0.538. The zero-order valence-electron chi connectivity index (χ0n) is 11.4. The smallest absolute Gasteiger partial charge is 0.307 e. The van der Waals surface area contributed by atoms with Crippen LogP contribution in [0.1, 0.15) is 25.0 Å². The number of nitrogens with one attached hydrogen (secondary N) is 1. The van der Waals surface area contributed by atoms with E-state index in [4.69, 9.17) is 9.84 Å². The Morgan fingerprint density at radius 1 is 1.35 bits per heavy atom. The molecule has 2 unspecified atom stereocenters. The minimum atomic E-state index is -0.926. The molecule has 1 amide bonds. The molecule has 1 heterocycles. The summed E-state index contributed by atoms with van der Waals surface area (Å²) in [4.78, 5) is 31.4. The molecular weight excluding hydrogens is 262 g/mol. The van der Waals surface area contributed by atoms with Gasteiger partial charge in [0, 0.05) is 11.8 Å². The fourth-order valence-electron chi connectivity index (χ4n) is 2.47. The molecule has 0 aromatic carbocycles. The Morgan fingerprint density at radius 3 is 2.70 bits per heavy atom.